The Labute approximate surface area is 143 Å². The van der Waals surface area contributed by atoms with Crippen LogP contribution < -0.4 is 10.0 Å². The Hall–Kier alpha value is -2.18. The minimum absolute atomic E-state index is 0.140. The number of aryl methyl sites for hydroxylation is 2. The highest BCUT2D eigenvalue weighted by molar-refractivity contribution is 7.89. The minimum Gasteiger partial charge on any atom is -0.324 e. The normalized spacial score (nSPS) is 12.6. The van der Waals surface area contributed by atoms with Crippen LogP contribution in [-0.4, -0.2) is 20.4 Å². The van der Waals surface area contributed by atoms with Gasteiger partial charge in [-0.15, -0.1) is 0 Å². The maximum atomic E-state index is 12.3. The highest BCUT2D eigenvalue weighted by Crippen LogP contribution is 2.16. The molecule has 0 radical (unpaired) electrons. The zero-order valence-corrected chi connectivity index (χ0v) is 14.9. The molecular formula is C18H22N2O3S. The van der Waals surface area contributed by atoms with Crippen molar-refractivity contribution in [2.75, 3.05) is 5.32 Å². The summed E-state index contributed by atoms with van der Waals surface area (Å²) < 4.78 is 27.1. The van der Waals surface area contributed by atoms with Crippen molar-refractivity contribution in [3.05, 3.63) is 59.7 Å². The summed E-state index contributed by atoms with van der Waals surface area (Å²) in [5, 5.41) is 2.78. The van der Waals surface area contributed by atoms with Crippen molar-refractivity contribution in [1.82, 2.24) is 4.72 Å². The highest BCUT2D eigenvalue weighted by Gasteiger charge is 2.22. The summed E-state index contributed by atoms with van der Waals surface area (Å²) in [6.07, 6.45) is 0.778. The van der Waals surface area contributed by atoms with Gasteiger partial charge in [0.05, 0.1) is 10.9 Å². The van der Waals surface area contributed by atoms with Gasteiger partial charge in [0, 0.05) is 5.69 Å². The fraction of sp³-hybridized carbons (Fsp3) is 0.278. The SMILES string of the molecule is CCc1ccccc1NC(=O)[C@@H](C)NS(=O)(=O)c1ccc(C)cc1. The molecule has 0 aliphatic heterocycles. The molecule has 2 aromatic rings. The number of para-hydroxylation sites is 1. The lowest BCUT2D eigenvalue weighted by Crippen LogP contribution is -2.41. The molecule has 0 saturated carbocycles. The summed E-state index contributed by atoms with van der Waals surface area (Å²) in [6.45, 7) is 5.40. The van der Waals surface area contributed by atoms with Gasteiger partial charge in [0.2, 0.25) is 15.9 Å². The molecule has 0 spiro atoms. The summed E-state index contributed by atoms with van der Waals surface area (Å²) in [7, 11) is -3.74. The number of anilines is 1. The molecule has 128 valence electrons. The average molecular weight is 346 g/mol. The van der Waals surface area contributed by atoms with Crippen LogP contribution in [0.15, 0.2) is 53.4 Å². The molecule has 0 fully saturated rings. The second-order valence-corrected chi connectivity index (χ2v) is 7.37. The van der Waals surface area contributed by atoms with Gasteiger partial charge in [-0.1, -0.05) is 42.8 Å². The molecule has 5 nitrogen and oxygen atoms in total. The molecule has 2 rings (SSSR count). The number of sulfonamides is 1. The summed E-state index contributed by atoms with van der Waals surface area (Å²) in [6, 6.07) is 13.1. The first kappa shape index (κ1) is 18.2. The number of hydrogen-bond acceptors (Lipinski definition) is 3. The third kappa shape index (κ3) is 4.43. The van der Waals surface area contributed by atoms with Crippen LogP contribution in [0.25, 0.3) is 0 Å². The van der Waals surface area contributed by atoms with E-state index < -0.39 is 22.0 Å². The van der Waals surface area contributed by atoms with Crippen molar-refractivity contribution < 1.29 is 13.2 Å². The minimum atomic E-state index is -3.74. The fourth-order valence-electron chi connectivity index (χ4n) is 2.26. The zero-order valence-electron chi connectivity index (χ0n) is 14.0. The number of amides is 1. The van der Waals surface area contributed by atoms with E-state index in [1.54, 1.807) is 18.2 Å². The Morgan fingerprint density at radius 2 is 1.71 bits per heavy atom. The zero-order chi connectivity index (χ0) is 17.7. The van der Waals surface area contributed by atoms with Crippen molar-refractivity contribution in [3.63, 3.8) is 0 Å². The number of rotatable bonds is 6. The van der Waals surface area contributed by atoms with Gasteiger partial charge in [0.25, 0.3) is 0 Å². The van der Waals surface area contributed by atoms with Crippen molar-refractivity contribution in [1.29, 1.82) is 0 Å². The first-order valence-electron chi connectivity index (χ1n) is 7.81. The van der Waals surface area contributed by atoms with Crippen LogP contribution in [0.5, 0.6) is 0 Å². The van der Waals surface area contributed by atoms with Crippen LogP contribution in [0.4, 0.5) is 5.69 Å². The third-order valence-electron chi connectivity index (χ3n) is 3.71. The molecule has 1 amide bonds. The summed E-state index contributed by atoms with van der Waals surface area (Å²) in [5.41, 5.74) is 2.67. The topological polar surface area (TPSA) is 75.3 Å². The van der Waals surface area contributed by atoms with Crippen molar-refractivity contribution in [2.24, 2.45) is 0 Å². The molecule has 0 aromatic heterocycles. The molecule has 0 aliphatic carbocycles. The molecule has 0 aliphatic rings. The van der Waals surface area contributed by atoms with Gasteiger partial charge in [-0.2, -0.15) is 4.72 Å². The van der Waals surface area contributed by atoms with Gasteiger partial charge in [-0.3, -0.25) is 4.79 Å². The summed E-state index contributed by atoms with van der Waals surface area (Å²) in [5.74, 6) is -0.397. The van der Waals surface area contributed by atoms with Gasteiger partial charge in [0.1, 0.15) is 0 Å². The largest absolute Gasteiger partial charge is 0.324 e. The smallest absolute Gasteiger partial charge is 0.242 e. The standard InChI is InChI=1S/C18H22N2O3S/c1-4-15-7-5-6-8-17(15)19-18(21)14(3)20-24(22,23)16-11-9-13(2)10-12-16/h5-12,14,20H,4H2,1-3H3,(H,19,21)/t14-/m1/s1. The van der Waals surface area contributed by atoms with Crippen LogP contribution in [-0.2, 0) is 21.2 Å². The van der Waals surface area contributed by atoms with Gasteiger partial charge < -0.3 is 5.32 Å². The molecule has 0 unspecified atom stereocenters. The first-order chi connectivity index (χ1) is 11.3. The number of hydrogen-bond donors (Lipinski definition) is 2. The number of carbonyl (C=O) groups excluding carboxylic acids is 1. The molecule has 2 N–H and O–H groups in total. The van der Waals surface area contributed by atoms with E-state index in [0.29, 0.717) is 5.69 Å². The van der Waals surface area contributed by atoms with E-state index in [1.165, 1.54) is 19.1 Å². The fourth-order valence-corrected chi connectivity index (χ4v) is 3.47. The lowest BCUT2D eigenvalue weighted by Gasteiger charge is -2.16. The first-order valence-corrected chi connectivity index (χ1v) is 9.29. The van der Waals surface area contributed by atoms with Gasteiger partial charge >= 0.3 is 0 Å². The second kappa shape index (κ2) is 7.59. The van der Waals surface area contributed by atoms with E-state index in [4.69, 9.17) is 0 Å². The monoisotopic (exact) mass is 346 g/mol. The Bertz CT molecular complexity index is 814. The quantitative estimate of drug-likeness (QED) is 0.844. The van der Waals surface area contributed by atoms with E-state index >= 15 is 0 Å². The van der Waals surface area contributed by atoms with Crippen molar-refractivity contribution in [3.8, 4) is 0 Å². The maximum absolute atomic E-state index is 12.3. The summed E-state index contributed by atoms with van der Waals surface area (Å²) >= 11 is 0. The molecule has 2 aromatic carbocycles. The van der Waals surface area contributed by atoms with E-state index in [2.05, 4.69) is 10.0 Å². The van der Waals surface area contributed by atoms with Gasteiger partial charge in [-0.05, 0) is 44.0 Å². The molecule has 24 heavy (non-hydrogen) atoms. The van der Waals surface area contributed by atoms with Crippen LogP contribution in [0, 0.1) is 6.92 Å². The van der Waals surface area contributed by atoms with E-state index in [-0.39, 0.29) is 4.90 Å². The van der Waals surface area contributed by atoms with Gasteiger partial charge in [0.15, 0.2) is 0 Å². The molecule has 6 heteroatoms. The van der Waals surface area contributed by atoms with Crippen LogP contribution in [0.3, 0.4) is 0 Å². The van der Waals surface area contributed by atoms with E-state index in [9.17, 15) is 13.2 Å². The number of carbonyl (C=O) groups is 1. The maximum Gasteiger partial charge on any atom is 0.242 e. The van der Waals surface area contributed by atoms with Crippen molar-refractivity contribution >= 4 is 21.6 Å². The highest BCUT2D eigenvalue weighted by atomic mass is 32.2. The Morgan fingerprint density at radius 3 is 2.33 bits per heavy atom. The molecular weight excluding hydrogens is 324 g/mol. The number of benzene rings is 2. The van der Waals surface area contributed by atoms with Crippen LogP contribution in [0.2, 0.25) is 0 Å². The van der Waals surface area contributed by atoms with E-state index in [1.807, 2.05) is 32.0 Å². The Morgan fingerprint density at radius 1 is 1.08 bits per heavy atom. The second-order valence-electron chi connectivity index (χ2n) is 5.66. The molecule has 0 heterocycles. The lowest BCUT2D eigenvalue weighted by atomic mass is 10.1. The average Bonchev–Trinajstić information content (AvgIpc) is 2.55. The molecule has 1 atom stereocenters. The number of nitrogens with one attached hydrogen (secondary N) is 2. The predicted octanol–water partition coefficient (Wildman–Crippen LogP) is 2.86. The Balaban J connectivity index is 2.09. The van der Waals surface area contributed by atoms with Crippen molar-refractivity contribution in [2.45, 2.75) is 38.1 Å². The van der Waals surface area contributed by atoms with Gasteiger partial charge in [-0.25, -0.2) is 8.42 Å². The third-order valence-corrected chi connectivity index (χ3v) is 5.27. The molecule has 0 bridgehead atoms. The van der Waals surface area contributed by atoms with Crippen LogP contribution >= 0.6 is 0 Å². The van der Waals surface area contributed by atoms with E-state index in [0.717, 1.165) is 17.5 Å². The Kier molecular flexibility index (Phi) is 5.75. The molecule has 0 saturated heterocycles. The van der Waals surface area contributed by atoms with Crippen LogP contribution in [0.1, 0.15) is 25.0 Å². The predicted molar refractivity (Wildman–Crippen MR) is 95.4 cm³/mol. The summed E-state index contributed by atoms with van der Waals surface area (Å²) in [4.78, 5) is 12.4. The lowest BCUT2D eigenvalue weighted by molar-refractivity contribution is -0.117.